The Balaban J connectivity index is 1.41. The summed E-state index contributed by atoms with van der Waals surface area (Å²) >= 11 is 0. The van der Waals surface area contributed by atoms with E-state index in [0.717, 1.165) is 33.6 Å². The summed E-state index contributed by atoms with van der Waals surface area (Å²) < 4.78 is 16.0. The van der Waals surface area contributed by atoms with Crippen LogP contribution in [0.4, 0.5) is 10.5 Å². The average Bonchev–Trinajstić information content (AvgIpc) is 3.24. The third kappa shape index (κ3) is 5.90. The van der Waals surface area contributed by atoms with Crippen LogP contribution in [0.1, 0.15) is 16.9 Å². The highest BCUT2D eigenvalue weighted by molar-refractivity contribution is 5.91. The number of aryl methyl sites for hydroxylation is 1. The molecule has 3 aromatic carbocycles. The Bertz CT molecular complexity index is 1340. The zero-order valence-corrected chi connectivity index (χ0v) is 20.0. The van der Waals surface area contributed by atoms with Gasteiger partial charge in [0.25, 0.3) is 0 Å². The molecule has 36 heavy (non-hydrogen) atoms. The maximum Gasteiger partial charge on any atom is 0.411 e. The summed E-state index contributed by atoms with van der Waals surface area (Å²) in [7, 11) is 1.60. The van der Waals surface area contributed by atoms with Gasteiger partial charge in [-0.15, -0.1) is 0 Å². The number of benzene rings is 3. The number of aliphatic carboxylic acids is 1. The molecule has 4 rings (SSSR count). The molecule has 0 atom stereocenters. The van der Waals surface area contributed by atoms with Gasteiger partial charge in [-0.2, -0.15) is 0 Å². The Morgan fingerprint density at radius 1 is 0.944 bits per heavy atom. The van der Waals surface area contributed by atoms with Gasteiger partial charge in [-0.1, -0.05) is 71.9 Å². The minimum absolute atomic E-state index is 0.0105. The smallest absolute Gasteiger partial charge is 0.411 e. The maximum absolute atomic E-state index is 12.5. The number of aromatic nitrogens is 1. The maximum atomic E-state index is 12.5. The summed E-state index contributed by atoms with van der Waals surface area (Å²) in [5.74, 6) is 0.350. The normalized spacial score (nSPS) is 10.6. The van der Waals surface area contributed by atoms with Gasteiger partial charge in [0, 0.05) is 12.0 Å². The fraction of sp³-hybridized carbons (Fsp3) is 0.179. The molecular weight excluding hydrogens is 460 g/mol. The number of carbonyl (C=O) groups excluding carboxylic acids is 1. The molecule has 0 spiro atoms. The molecule has 4 aromatic rings. The molecule has 8 nitrogen and oxygen atoms in total. The second-order valence-corrected chi connectivity index (χ2v) is 8.13. The van der Waals surface area contributed by atoms with Crippen LogP contribution < -0.4 is 10.1 Å². The number of para-hydroxylation sites is 1. The minimum Gasteiger partial charge on any atom is -0.496 e. The second kappa shape index (κ2) is 11.2. The summed E-state index contributed by atoms with van der Waals surface area (Å²) in [6.45, 7) is 1.90. The Morgan fingerprint density at radius 3 is 2.25 bits per heavy atom. The molecule has 1 aromatic heterocycles. The van der Waals surface area contributed by atoms with Crippen molar-refractivity contribution in [3.8, 4) is 28.1 Å². The van der Waals surface area contributed by atoms with Crippen LogP contribution in [-0.4, -0.2) is 36.0 Å². The molecule has 0 aliphatic rings. The van der Waals surface area contributed by atoms with Gasteiger partial charge < -0.3 is 19.1 Å². The van der Waals surface area contributed by atoms with E-state index in [2.05, 4.69) is 10.5 Å². The van der Waals surface area contributed by atoms with Gasteiger partial charge in [0.2, 0.25) is 0 Å². The van der Waals surface area contributed by atoms with E-state index in [1.807, 2.05) is 60.7 Å². The van der Waals surface area contributed by atoms with Crippen molar-refractivity contribution < 1.29 is 28.7 Å². The molecule has 0 fully saturated rings. The number of rotatable bonds is 9. The molecule has 1 heterocycles. The number of hydrogen-bond donors (Lipinski definition) is 2. The van der Waals surface area contributed by atoms with Crippen molar-refractivity contribution in [1.82, 2.24) is 5.16 Å². The second-order valence-electron chi connectivity index (χ2n) is 8.13. The summed E-state index contributed by atoms with van der Waals surface area (Å²) in [6.07, 6.45) is -0.0924. The van der Waals surface area contributed by atoms with Crippen molar-refractivity contribution in [2.75, 3.05) is 19.0 Å². The standard InChI is InChI=1S/C28H26N2O6/c1-18-26(29-28(33)35-16-15-22-5-3-4-6-24(22)34-2)27(30-36-18)23-13-11-21(12-14-23)20-9-7-19(8-10-20)17-25(31)32/h3-14H,15-17H2,1-2H3,(H,29,33)(H,31,32). The molecular formula is C28H26N2O6. The first-order valence-electron chi connectivity index (χ1n) is 11.4. The number of nitrogens with zero attached hydrogens (tertiary/aromatic N) is 1. The third-order valence-electron chi connectivity index (χ3n) is 5.69. The van der Waals surface area contributed by atoms with E-state index in [1.165, 1.54) is 0 Å². The van der Waals surface area contributed by atoms with Crippen molar-refractivity contribution >= 4 is 17.7 Å². The van der Waals surface area contributed by atoms with Crippen LogP contribution in [0, 0.1) is 6.92 Å². The molecule has 0 bridgehead atoms. The predicted octanol–water partition coefficient (Wildman–Crippen LogP) is 5.74. The van der Waals surface area contributed by atoms with Gasteiger partial charge in [0.1, 0.15) is 17.1 Å². The number of hydrogen-bond acceptors (Lipinski definition) is 6. The molecule has 1 amide bonds. The van der Waals surface area contributed by atoms with E-state index >= 15 is 0 Å². The van der Waals surface area contributed by atoms with Crippen LogP contribution in [0.25, 0.3) is 22.4 Å². The van der Waals surface area contributed by atoms with E-state index in [-0.39, 0.29) is 13.0 Å². The van der Waals surface area contributed by atoms with E-state index in [4.69, 9.17) is 19.1 Å². The lowest BCUT2D eigenvalue weighted by Crippen LogP contribution is -2.16. The lowest BCUT2D eigenvalue weighted by molar-refractivity contribution is -0.136. The number of amides is 1. The molecule has 0 radical (unpaired) electrons. The molecule has 8 heteroatoms. The van der Waals surface area contributed by atoms with E-state index < -0.39 is 12.1 Å². The quantitative estimate of drug-likeness (QED) is 0.310. The largest absolute Gasteiger partial charge is 0.496 e. The SMILES string of the molecule is COc1ccccc1CCOC(=O)Nc1c(-c2ccc(-c3ccc(CC(=O)O)cc3)cc2)noc1C. The summed E-state index contributed by atoms with van der Waals surface area (Å²) in [5.41, 5.74) is 5.33. The average molecular weight is 487 g/mol. The van der Waals surface area contributed by atoms with Gasteiger partial charge in [-0.05, 0) is 35.2 Å². The fourth-order valence-corrected chi connectivity index (χ4v) is 3.83. The topological polar surface area (TPSA) is 111 Å². The highest BCUT2D eigenvalue weighted by Crippen LogP contribution is 2.32. The zero-order chi connectivity index (χ0) is 25.5. The molecule has 0 saturated heterocycles. The number of anilines is 1. The number of ether oxygens (including phenoxy) is 2. The van der Waals surface area contributed by atoms with Gasteiger partial charge in [-0.3, -0.25) is 10.1 Å². The van der Waals surface area contributed by atoms with Crippen molar-refractivity contribution in [1.29, 1.82) is 0 Å². The van der Waals surface area contributed by atoms with E-state index in [1.54, 1.807) is 26.2 Å². The highest BCUT2D eigenvalue weighted by atomic mass is 16.5. The van der Waals surface area contributed by atoms with Crippen molar-refractivity contribution in [3.63, 3.8) is 0 Å². The van der Waals surface area contributed by atoms with Crippen molar-refractivity contribution in [3.05, 3.63) is 89.7 Å². The lowest BCUT2D eigenvalue weighted by Gasteiger charge is -2.10. The van der Waals surface area contributed by atoms with E-state index in [9.17, 15) is 9.59 Å². The van der Waals surface area contributed by atoms with Gasteiger partial charge in [0.05, 0.1) is 20.1 Å². The fourth-order valence-electron chi connectivity index (χ4n) is 3.83. The third-order valence-corrected chi connectivity index (χ3v) is 5.69. The van der Waals surface area contributed by atoms with Crippen LogP contribution in [-0.2, 0) is 22.4 Å². The van der Waals surface area contributed by atoms with Crippen LogP contribution in [0.15, 0.2) is 77.3 Å². The number of nitrogens with one attached hydrogen (secondary N) is 1. The molecule has 0 aliphatic heterocycles. The first-order valence-corrected chi connectivity index (χ1v) is 11.4. The highest BCUT2D eigenvalue weighted by Gasteiger charge is 2.18. The summed E-state index contributed by atoms with van der Waals surface area (Å²) in [5, 5.41) is 15.8. The van der Waals surface area contributed by atoms with Crippen molar-refractivity contribution in [2.24, 2.45) is 0 Å². The molecule has 0 aliphatic carbocycles. The van der Waals surface area contributed by atoms with Crippen molar-refractivity contribution in [2.45, 2.75) is 19.8 Å². The lowest BCUT2D eigenvalue weighted by atomic mass is 10.0. The first kappa shape index (κ1) is 24.5. The first-order chi connectivity index (χ1) is 17.4. The van der Waals surface area contributed by atoms with Crippen LogP contribution in [0.5, 0.6) is 5.75 Å². The Morgan fingerprint density at radius 2 is 1.58 bits per heavy atom. The zero-order valence-electron chi connectivity index (χ0n) is 20.0. The monoisotopic (exact) mass is 486 g/mol. The van der Waals surface area contributed by atoms with Crippen LogP contribution >= 0.6 is 0 Å². The molecule has 184 valence electrons. The Hall–Kier alpha value is -4.59. The van der Waals surface area contributed by atoms with Gasteiger partial charge in [-0.25, -0.2) is 4.79 Å². The van der Waals surface area contributed by atoms with Gasteiger partial charge in [0.15, 0.2) is 5.76 Å². The van der Waals surface area contributed by atoms with Crippen LogP contribution in [0.2, 0.25) is 0 Å². The molecule has 2 N–H and O–H groups in total. The number of carboxylic acids is 1. The molecule has 0 saturated carbocycles. The summed E-state index contributed by atoms with van der Waals surface area (Å²) in [4.78, 5) is 23.3. The Kier molecular flexibility index (Phi) is 7.65. The van der Waals surface area contributed by atoms with Crippen LogP contribution in [0.3, 0.4) is 0 Å². The minimum atomic E-state index is -0.861. The predicted molar refractivity (Wildman–Crippen MR) is 135 cm³/mol. The van der Waals surface area contributed by atoms with E-state index in [0.29, 0.717) is 23.6 Å². The van der Waals surface area contributed by atoms with Gasteiger partial charge >= 0.3 is 12.1 Å². The number of methoxy groups -OCH3 is 1. The number of carboxylic acid groups (broad SMARTS) is 1. The molecule has 0 unspecified atom stereocenters. The number of carbonyl (C=O) groups is 2. The Labute approximate surface area is 208 Å². The summed E-state index contributed by atoms with van der Waals surface area (Å²) in [6, 6.07) is 22.6.